The summed E-state index contributed by atoms with van der Waals surface area (Å²) in [5.41, 5.74) is -0.912. The molecule has 1 heteroatoms. The fraction of sp³-hybridized carbons (Fsp3) is 0.875. The molecule has 0 aliphatic heterocycles. The molecule has 0 spiro atoms. The Morgan fingerprint density at radius 3 is 2.67 bits per heavy atom. The highest BCUT2D eigenvalue weighted by atomic mass is 19.1. The lowest BCUT2D eigenvalue weighted by atomic mass is 9.81. The van der Waals surface area contributed by atoms with Gasteiger partial charge in [-0.1, -0.05) is 19.8 Å². The molecule has 1 aliphatic carbocycles. The Labute approximate surface area is 56.5 Å². The second-order valence-electron chi connectivity index (χ2n) is 3.38. The molecule has 1 aliphatic rings. The third kappa shape index (κ3) is 1.96. The van der Waals surface area contributed by atoms with Crippen LogP contribution in [0.1, 0.15) is 32.6 Å². The van der Waals surface area contributed by atoms with Gasteiger partial charge in [0.1, 0.15) is 5.67 Å². The molecule has 0 saturated heterocycles. The van der Waals surface area contributed by atoms with Gasteiger partial charge in [0.2, 0.25) is 0 Å². The second-order valence-corrected chi connectivity index (χ2v) is 3.38. The van der Waals surface area contributed by atoms with Crippen LogP contribution in [0, 0.1) is 12.8 Å². The maximum atomic E-state index is 13.1. The summed E-state index contributed by atoms with van der Waals surface area (Å²) in [6.45, 7) is 5.54. The van der Waals surface area contributed by atoms with Crippen molar-refractivity contribution in [2.24, 2.45) is 5.92 Å². The fourth-order valence-electron chi connectivity index (χ4n) is 1.57. The lowest BCUT2D eigenvalue weighted by Gasteiger charge is -2.29. The Hall–Kier alpha value is -0.0700. The van der Waals surface area contributed by atoms with E-state index >= 15 is 0 Å². The van der Waals surface area contributed by atoms with Gasteiger partial charge in [-0.15, -0.1) is 0 Å². The van der Waals surface area contributed by atoms with Crippen LogP contribution in [0.15, 0.2) is 0 Å². The van der Waals surface area contributed by atoms with Crippen LogP contribution in [0.25, 0.3) is 0 Å². The first kappa shape index (κ1) is 7.04. The van der Waals surface area contributed by atoms with Gasteiger partial charge in [0.05, 0.1) is 0 Å². The van der Waals surface area contributed by atoms with Crippen LogP contribution in [-0.4, -0.2) is 5.67 Å². The average Bonchev–Trinajstić information content (AvgIpc) is 1.60. The lowest BCUT2D eigenvalue weighted by Crippen LogP contribution is -2.25. The van der Waals surface area contributed by atoms with Gasteiger partial charge < -0.3 is 0 Å². The van der Waals surface area contributed by atoms with Gasteiger partial charge >= 0.3 is 0 Å². The van der Waals surface area contributed by atoms with E-state index in [9.17, 15) is 4.39 Å². The summed E-state index contributed by atoms with van der Waals surface area (Å²) in [5.74, 6) is 0.355. The number of halogens is 1. The quantitative estimate of drug-likeness (QED) is 0.471. The highest BCUT2D eigenvalue weighted by Gasteiger charge is 2.29. The zero-order valence-electron chi connectivity index (χ0n) is 5.99. The van der Waals surface area contributed by atoms with E-state index < -0.39 is 5.67 Å². The minimum absolute atomic E-state index is 0.355. The normalized spacial score (nSPS) is 45.0. The number of hydrogen-bond donors (Lipinski definition) is 0. The Bertz CT molecular complexity index is 96.7. The van der Waals surface area contributed by atoms with Crippen molar-refractivity contribution in [3.8, 4) is 0 Å². The van der Waals surface area contributed by atoms with E-state index in [1.807, 2.05) is 0 Å². The second kappa shape index (κ2) is 2.28. The van der Waals surface area contributed by atoms with E-state index in [1.54, 1.807) is 6.92 Å². The SMILES string of the molecule is [CH2]C1CCCC(C)(F)C1. The monoisotopic (exact) mass is 129 g/mol. The number of hydrogen-bond acceptors (Lipinski definition) is 0. The van der Waals surface area contributed by atoms with E-state index in [1.165, 1.54) is 0 Å². The van der Waals surface area contributed by atoms with Crippen LogP contribution >= 0.6 is 0 Å². The van der Waals surface area contributed by atoms with Gasteiger partial charge in [0.25, 0.3) is 0 Å². The van der Waals surface area contributed by atoms with E-state index in [2.05, 4.69) is 6.92 Å². The van der Waals surface area contributed by atoms with E-state index in [0.29, 0.717) is 12.3 Å². The predicted octanol–water partition coefficient (Wildman–Crippen LogP) is 2.74. The molecule has 0 heterocycles. The van der Waals surface area contributed by atoms with Crippen LogP contribution in [0.2, 0.25) is 0 Å². The van der Waals surface area contributed by atoms with E-state index in [4.69, 9.17) is 0 Å². The van der Waals surface area contributed by atoms with E-state index in [-0.39, 0.29) is 0 Å². The van der Waals surface area contributed by atoms with Crippen molar-refractivity contribution in [1.82, 2.24) is 0 Å². The Balaban J connectivity index is 2.41. The highest BCUT2D eigenvalue weighted by molar-refractivity contribution is 4.83. The number of alkyl halides is 1. The van der Waals surface area contributed by atoms with Crippen molar-refractivity contribution < 1.29 is 4.39 Å². The van der Waals surface area contributed by atoms with E-state index in [0.717, 1.165) is 19.3 Å². The topological polar surface area (TPSA) is 0 Å². The molecule has 53 valence electrons. The Morgan fingerprint density at radius 2 is 2.33 bits per heavy atom. The largest absolute Gasteiger partial charge is 0.244 e. The maximum absolute atomic E-state index is 13.1. The van der Waals surface area contributed by atoms with Crippen LogP contribution in [0.4, 0.5) is 4.39 Å². The molecule has 2 atom stereocenters. The molecule has 2 unspecified atom stereocenters. The van der Waals surface area contributed by atoms with Gasteiger partial charge in [-0.05, 0) is 25.7 Å². The summed E-state index contributed by atoms with van der Waals surface area (Å²) in [6, 6.07) is 0. The first-order chi connectivity index (χ1) is 4.10. The first-order valence-electron chi connectivity index (χ1n) is 3.62. The summed E-state index contributed by atoms with van der Waals surface area (Å²) in [6.07, 6.45) is 3.52. The molecule has 0 aromatic heterocycles. The van der Waals surface area contributed by atoms with Crippen molar-refractivity contribution in [3.05, 3.63) is 6.92 Å². The summed E-state index contributed by atoms with van der Waals surface area (Å²) in [7, 11) is 0. The molecule has 0 aromatic rings. The average molecular weight is 129 g/mol. The molecule has 0 nitrogen and oxygen atoms in total. The van der Waals surface area contributed by atoms with Gasteiger partial charge in [-0.3, -0.25) is 0 Å². The highest BCUT2D eigenvalue weighted by Crippen LogP contribution is 2.34. The van der Waals surface area contributed by atoms with Gasteiger partial charge in [0.15, 0.2) is 0 Å². The van der Waals surface area contributed by atoms with Gasteiger partial charge in [0, 0.05) is 0 Å². The van der Waals surface area contributed by atoms with Gasteiger partial charge in [-0.25, -0.2) is 4.39 Å². The lowest BCUT2D eigenvalue weighted by molar-refractivity contribution is 0.108. The van der Waals surface area contributed by atoms with Crippen LogP contribution < -0.4 is 0 Å². The van der Waals surface area contributed by atoms with Crippen molar-refractivity contribution >= 4 is 0 Å². The molecule has 9 heavy (non-hydrogen) atoms. The molecule has 0 amide bonds. The van der Waals surface area contributed by atoms with Crippen LogP contribution in [0.3, 0.4) is 0 Å². The minimum atomic E-state index is -0.912. The van der Waals surface area contributed by atoms with Crippen molar-refractivity contribution in [2.75, 3.05) is 0 Å². The molecule has 0 aromatic carbocycles. The first-order valence-corrected chi connectivity index (χ1v) is 3.62. The molecular weight excluding hydrogens is 115 g/mol. The predicted molar refractivity (Wildman–Crippen MR) is 36.8 cm³/mol. The molecule has 0 N–H and O–H groups in total. The summed E-state index contributed by atoms with van der Waals surface area (Å²) in [4.78, 5) is 0. The minimum Gasteiger partial charge on any atom is -0.244 e. The van der Waals surface area contributed by atoms with Crippen molar-refractivity contribution in [1.29, 1.82) is 0 Å². The summed E-state index contributed by atoms with van der Waals surface area (Å²) >= 11 is 0. The Kier molecular flexibility index (Phi) is 1.78. The third-order valence-electron chi connectivity index (χ3n) is 2.02. The molecule has 1 saturated carbocycles. The van der Waals surface area contributed by atoms with Crippen molar-refractivity contribution in [2.45, 2.75) is 38.3 Å². The van der Waals surface area contributed by atoms with Crippen LogP contribution in [0.5, 0.6) is 0 Å². The Morgan fingerprint density at radius 1 is 1.67 bits per heavy atom. The zero-order chi connectivity index (χ0) is 6.91. The fourth-order valence-corrected chi connectivity index (χ4v) is 1.57. The standard InChI is InChI=1S/C8H14F/c1-7-4-3-5-8(2,9)6-7/h7H,1,3-6H2,2H3. The molecule has 1 rings (SSSR count). The van der Waals surface area contributed by atoms with Crippen molar-refractivity contribution in [3.63, 3.8) is 0 Å². The molecule has 0 bridgehead atoms. The smallest absolute Gasteiger partial charge is 0.108 e. The van der Waals surface area contributed by atoms with Gasteiger partial charge in [-0.2, -0.15) is 0 Å². The number of rotatable bonds is 0. The molecule has 1 radical (unpaired) electrons. The summed E-state index contributed by atoms with van der Waals surface area (Å²) < 4.78 is 13.1. The van der Waals surface area contributed by atoms with Crippen LogP contribution in [-0.2, 0) is 0 Å². The molecular formula is C8H14F. The maximum Gasteiger partial charge on any atom is 0.108 e. The third-order valence-corrected chi connectivity index (χ3v) is 2.02. The summed E-state index contributed by atoms with van der Waals surface area (Å²) in [5, 5.41) is 0. The zero-order valence-corrected chi connectivity index (χ0v) is 5.99. The molecule has 1 fully saturated rings.